The zero-order valence-corrected chi connectivity index (χ0v) is 20.3. The number of fused-ring (bicyclic) bond motifs is 2. The molecule has 38 heavy (non-hydrogen) atoms. The molecule has 4 aromatic rings. The number of carbonyl (C=O) groups is 1. The van der Waals surface area contributed by atoms with Crippen molar-refractivity contribution >= 4 is 5.91 Å². The van der Waals surface area contributed by atoms with E-state index in [-0.39, 0.29) is 19.7 Å². The minimum atomic E-state index is -0.706. The number of amides is 1. The Morgan fingerprint density at radius 1 is 0.737 bits per heavy atom. The Balaban J connectivity index is 1.33. The van der Waals surface area contributed by atoms with Crippen LogP contribution in [0.4, 0.5) is 0 Å². The Kier molecular flexibility index (Phi) is 6.46. The molecule has 2 aliphatic rings. The summed E-state index contributed by atoms with van der Waals surface area (Å²) in [4.78, 5) is 12.7. The molecule has 2 N–H and O–H groups in total. The topological polar surface area (TPSA) is 95.5 Å². The highest BCUT2D eigenvalue weighted by Gasteiger charge is 2.25. The van der Waals surface area contributed by atoms with Gasteiger partial charge in [-0.05, 0) is 58.7 Å². The summed E-state index contributed by atoms with van der Waals surface area (Å²) in [7, 11) is 0. The normalized spacial score (nSPS) is 14.6. The van der Waals surface area contributed by atoms with Gasteiger partial charge in [0.15, 0.2) is 23.0 Å². The second kappa shape index (κ2) is 10.4. The van der Waals surface area contributed by atoms with Gasteiger partial charge in [0.2, 0.25) is 13.6 Å². The van der Waals surface area contributed by atoms with Gasteiger partial charge in [0.25, 0.3) is 5.91 Å². The molecule has 0 fully saturated rings. The summed E-state index contributed by atoms with van der Waals surface area (Å²) in [6.45, 7) is 0.389. The lowest BCUT2D eigenvalue weighted by Crippen LogP contribution is -2.27. The summed E-state index contributed by atoms with van der Waals surface area (Å²) in [6, 6.07) is 28.2. The molecule has 1 amide bonds. The predicted octanol–water partition coefficient (Wildman–Crippen LogP) is 5.14. The van der Waals surface area contributed by atoms with Crippen LogP contribution in [-0.2, 0) is 11.2 Å². The first-order chi connectivity index (χ1) is 18.7. The summed E-state index contributed by atoms with van der Waals surface area (Å²) in [5.41, 5.74) is 5.16. The lowest BCUT2D eigenvalue weighted by Gasteiger charge is -2.22. The van der Waals surface area contributed by atoms with E-state index < -0.39 is 11.8 Å². The number of nitrogens with one attached hydrogen (secondary N) is 1. The van der Waals surface area contributed by atoms with Crippen LogP contribution in [-0.4, -0.2) is 24.7 Å². The van der Waals surface area contributed by atoms with Crippen molar-refractivity contribution in [1.82, 2.24) is 5.48 Å². The van der Waals surface area contributed by atoms with Gasteiger partial charge in [0.1, 0.15) is 11.9 Å². The second-order valence-corrected chi connectivity index (χ2v) is 9.00. The number of carbonyl (C=O) groups excluding carboxylic acids is 1. The number of hydrogen-bond acceptors (Lipinski definition) is 7. The third-order valence-electron chi connectivity index (χ3n) is 6.60. The molecule has 0 aromatic heterocycles. The lowest BCUT2D eigenvalue weighted by molar-refractivity contribution is -0.129. The maximum atomic E-state index is 12.7. The highest BCUT2D eigenvalue weighted by molar-refractivity contribution is 5.86. The molecule has 4 aromatic carbocycles. The Morgan fingerprint density at radius 3 is 2.18 bits per heavy atom. The summed E-state index contributed by atoms with van der Waals surface area (Å²) in [5, 5.41) is 9.43. The van der Waals surface area contributed by atoms with Crippen molar-refractivity contribution in [2.24, 2.45) is 0 Å². The molecule has 2 aliphatic heterocycles. The highest BCUT2D eigenvalue weighted by atomic mass is 16.7. The molecule has 0 bridgehead atoms. The van der Waals surface area contributed by atoms with E-state index >= 15 is 0 Å². The van der Waals surface area contributed by atoms with Crippen molar-refractivity contribution in [2.75, 3.05) is 13.6 Å². The van der Waals surface area contributed by atoms with Crippen LogP contribution in [0.2, 0.25) is 0 Å². The van der Waals surface area contributed by atoms with Gasteiger partial charge in [-0.15, -0.1) is 0 Å². The van der Waals surface area contributed by atoms with Crippen LogP contribution in [0.1, 0.15) is 34.3 Å². The predicted molar refractivity (Wildman–Crippen MR) is 137 cm³/mol. The standard InChI is InChI=1S/C30H25NO7/c32-30(31-33)29(20-5-2-1-3-6-20)22-7-4-8-23(15-22)38-26(21-10-12-25-28(16-21)37-18-35-25)13-19-9-11-24-27(14-19)36-17-34-24/h1-12,14-16,26,29,33H,13,17-18H2,(H,31,32). The Bertz CT molecular complexity index is 1460. The SMILES string of the molecule is O=C(NO)C(c1ccccc1)c1cccc(OC(Cc2ccc3c(c2)OCO3)c2ccc3c(c2)OCO3)c1. The summed E-state index contributed by atoms with van der Waals surface area (Å²) in [6.07, 6.45) is 0.154. The van der Waals surface area contributed by atoms with Crippen LogP contribution in [0.5, 0.6) is 28.7 Å². The Hall–Kier alpha value is -4.69. The van der Waals surface area contributed by atoms with Gasteiger partial charge in [-0.1, -0.05) is 54.6 Å². The number of hydroxylamine groups is 1. The van der Waals surface area contributed by atoms with Gasteiger partial charge in [-0.25, -0.2) is 5.48 Å². The Morgan fingerprint density at radius 2 is 1.42 bits per heavy atom. The van der Waals surface area contributed by atoms with E-state index in [9.17, 15) is 10.0 Å². The molecule has 0 radical (unpaired) electrons. The van der Waals surface area contributed by atoms with Gasteiger partial charge < -0.3 is 23.7 Å². The molecular formula is C30H25NO7. The fourth-order valence-corrected chi connectivity index (χ4v) is 4.76. The molecule has 8 heteroatoms. The zero-order chi connectivity index (χ0) is 25.9. The van der Waals surface area contributed by atoms with Gasteiger partial charge in [0, 0.05) is 6.42 Å². The Labute approximate surface area is 219 Å². The van der Waals surface area contributed by atoms with E-state index in [1.54, 1.807) is 5.48 Å². The van der Waals surface area contributed by atoms with Crippen molar-refractivity contribution < 1.29 is 33.7 Å². The van der Waals surface area contributed by atoms with Gasteiger partial charge in [-0.3, -0.25) is 10.0 Å². The smallest absolute Gasteiger partial charge is 0.255 e. The fraction of sp³-hybridized carbons (Fsp3) is 0.167. The third kappa shape index (κ3) is 4.81. The molecular weight excluding hydrogens is 486 g/mol. The molecule has 0 saturated carbocycles. The highest BCUT2D eigenvalue weighted by Crippen LogP contribution is 2.38. The van der Waals surface area contributed by atoms with Crippen LogP contribution in [0.3, 0.4) is 0 Å². The quantitative estimate of drug-likeness (QED) is 0.250. The summed E-state index contributed by atoms with van der Waals surface area (Å²) >= 11 is 0. The molecule has 8 nitrogen and oxygen atoms in total. The van der Waals surface area contributed by atoms with E-state index in [0.29, 0.717) is 35.0 Å². The molecule has 2 heterocycles. The molecule has 192 valence electrons. The van der Waals surface area contributed by atoms with Gasteiger partial charge in [-0.2, -0.15) is 0 Å². The third-order valence-corrected chi connectivity index (χ3v) is 6.60. The summed E-state index contributed by atoms with van der Waals surface area (Å²) < 4.78 is 28.7. The molecule has 0 aliphatic carbocycles. The minimum absolute atomic E-state index is 0.183. The zero-order valence-electron chi connectivity index (χ0n) is 20.3. The molecule has 6 rings (SSSR count). The molecule has 2 unspecified atom stereocenters. The summed E-state index contributed by atoms with van der Waals surface area (Å²) in [5.74, 6) is 2.13. The first-order valence-corrected chi connectivity index (χ1v) is 12.2. The molecule has 2 atom stereocenters. The fourth-order valence-electron chi connectivity index (χ4n) is 4.76. The van der Waals surface area contributed by atoms with Gasteiger partial charge >= 0.3 is 0 Å². The average Bonchev–Trinajstić information content (AvgIpc) is 3.62. The largest absolute Gasteiger partial charge is 0.485 e. The van der Waals surface area contributed by atoms with E-state index in [1.165, 1.54) is 0 Å². The van der Waals surface area contributed by atoms with Crippen LogP contribution in [0.25, 0.3) is 0 Å². The van der Waals surface area contributed by atoms with E-state index in [0.717, 1.165) is 22.4 Å². The first-order valence-electron chi connectivity index (χ1n) is 12.2. The van der Waals surface area contributed by atoms with Crippen molar-refractivity contribution in [3.63, 3.8) is 0 Å². The number of rotatable bonds is 8. The van der Waals surface area contributed by atoms with Crippen molar-refractivity contribution in [2.45, 2.75) is 18.4 Å². The van der Waals surface area contributed by atoms with E-state index in [1.807, 2.05) is 91.0 Å². The maximum absolute atomic E-state index is 12.7. The van der Waals surface area contributed by atoms with Crippen LogP contribution >= 0.6 is 0 Å². The van der Waals surface area contributed by atoms with Crippen molar-refractivity contribution in [1.29, 1.82) is 0 Å². The van der Waals surface area contributed by atoms with Crippen molar-refractivity contribution in [3.05, 3.63) is 113 Å². The number of hydrogen-bond donors (Lipinski definition) is 2. The number of ether oxygens (including phenoxy) is 5. The monoisotopic (exact) mass is 511 g/mol. The lowest BCUT2D eigenvalue weighted by atomic mass is 9.90. The van der Waals surface area contributed by atoms with E-state index in [4.69, 9.17) is 23.7 Å². The maximum Gasteiger partial charge on any atom is 0.255 e. The van der Waals surface area contributed by atoms with Gasteiger partial charge in [0.05, 0.1) is 5.92 Å². The van der Waals surface area contributed by atoms with Crippen LogP contribution in [0.15, 0.2) is 91.0 Å². The molecule has 0 spiro atoms. The van der Waals surface area contributed by atoms with Crippen LogP contribution < -0.4 is 29.2 Å². The first kappa shape index (κ1) is 23.7. The number of benzene rings is 4. The van der Waals surface area contributed by atoms with Crippen molar-refractivity contribution in [3.8, 4) is 28.7 Å². The van der Waals surface area contributed by atoms with Crippen LogP contribution in [0, 0.1) is 0 Å². The molecule has 0 saturated heterocycles. The minimum Gasteiger partial charge on any atom is -0.485 e. The second-order valence-electron chi connectivity index (χ2n) is 9.00. The van der Waals surface area contributed by atoms with E-state index in [2.05, 4.69) is 0 Å². The average molecular weight is 512 g/mol.